The van der Waals surface area contributed by atoms with Crippen molar-refractivity contribution in [1.29, 1.82) is 0 Å². The molecule has 0 aliphatic carbocycles. The Labute approximate surface area is 177 Å². The van der Waals surface area contributed by atoms with Gasteiger partial charge in [-0.3, -0.25) is 24.3 Å². The molecule has 2 aliphatic rings. The third kappa shape index (κ3) is 5.18. The first kappa shape index (κ1) is 23.4. The number of carbonyl (C=O) groups excluding carboxylic acids is 2. The van der Waals surface area contributed by atoms with Gasteiger partial charge in [-0.2, -0.15) is 0 Å². The number of amides is 2. The van der Waals surface area contributed by atoms with E-state index in [1.165, 1.54) is 18.1 Å². The number of likely N-dealkylation sites (tertiary alicyclic amines) is 1. The number of ether oxygens (including phenoxy) is 1. The summed E-state index contributed by atoms with van der Waals surface area (Å²) >= 11 is 0. The monoisotopic (exact) mass is 428 g/mol. The molecule has 2 aliphatic heterocycles. The molecule has 0 radical (unpaired) electrons. The molecule has 2 amide bonds. The van der Waals surface area contributed by atoms with E-state index in [0.717, 1.165) is 44.8 Å². The molecule has 1 aromatic rings. The van der Waals surface area contributed by atoms with E-state index in [1.807, 2.05) is 20.2 Å². The van der Waals surface area contributed by atoms with Crippen LogP contribution in [0.15, 0.2) is 18.2 Å². The number of methoxy groups -OCH3 is 1. The van der Waals surface area contributed by atoms with Gasteiger partial charge in [0.05, 0.1) is 25.3 Å². The first-order valence-electron chi connectivity index (χ1n) is 9.72. The first-order valence-corrected chi connectivity index (χ1v) is 9.72. The minimum absolute atomic E-state index is 0. The van der Waals surface area contributed by atoms with Crippen LogP contribution in [-0.2, 0) is 9.59 Å². The Morgan fingerprint density at radius 1 is 1.14 bits per heavy atom. The van der Waals surface area contributed by atoms with Crippen molar-refractivity contribution in [3.05, 3.63) is 24.0 Å². The molecule has 9 heteroatoms. The molecule has 2 heterocycles. The van der Waals surface area contributed by atoms with Gasteiger partial charge in [-0.05, 0) is 39.2 Å². The molecule has 7 nitrogen and oxygen atoms in total. The van der Waals surface area contributed by atoms with Crippen LogP contribution in [0.2, 0.25) is 0 Å². The van der Waals surface area contributed by atoms with Gasteiger partial charge in [0.25, 0.3) is 0 Å². The van der Waals surface area contributed by atoms with Crippen LogP contribution in [0.5, 0.6) is 5.75 Å². The molecule has 3 rings (SSSR count). The summed E-state index contributed by atoms with van der Waals surface area (Å²) in [7, 11) is 5.14. The summed E-state index contributed by atoms with van der Waals surface area (Å²) < 4.78 is 19.1. The van der Waals surface area contributed by atoms with Crippen molar-refractivity contribution >= 4 is 29.9 Å². The van der Waals surface area contributed by atoms with E-state index in [1.54, 1.807) is 11.0 Å². The number of benzene rings is 1. The molecular formula is C20H30ClFN4O3. The number of hydrogen-bond donors (Lipinski definition) is 0. The number of anilines is 1. The maximum atomic E-state index is 13.9. The summed E-state index contributed by atoms with van der Waals surface area (Å²) in [4.78, 5) is 32.1. The van der Waals surface area contributed by atoms with Gasteiger partial charge in [-0.1, -0.05) is 6.07 Å². The van der Waals surface area contributed by atoms with Crippen molar-refractivity contribution in [2.45, 2.75) is 18.9 Å². The Balaban J connectivity index is 0.00000300. The Morgan fingerprint density at radius 3 is 2.41 bits per heavy atom. The Kier molecular flexibility index (Phi) is 8.24. The Morgan fingerprint density at radius 2 is 1.83 bits per heavy atom. The fourth-order valence-corrected chi connectivity index (χ4v) is 3.92. The van der Waals surface area contributed by atoms with Gasteiger partial charge >= 0.3 is 0 Å². The van der Waals surface area contributed by atoms with Crippen LogP contribution in [0.25, 0.3) is 0 Å². The lowest BCUT2D eigenvalue weighted by atomic mass is 10.2. The lowest BCUT2D eigenvalue weighted by Gasteiger charge is -2.36. The van der Waals surface area contributed by atoms with Crippen LogP contribution in [0.1, 0.15) is 12.8 Å². The van der Waals surface area contributed by atoms with E-state index >= 15 is 0 Å². The zero-order chi connectivity index (χ0) is 20.3. The Bertz CT molecular complexity index is 726. The number of rotatable bonds is 7. The molecule has 1 unspecified atom stereocenters. The van der Waals surface area contributed by atoms with Crippen LogP contribution in [0.3, 0.4) is 0 Å². The van der Waals surface area contributed by atoms with Crippen molar-refractivity contribution < 1.29 is 18.7 Å². The molecule has 2 fully saturated rings. The summed E-state index contributed by atoms with van der Waals surface area (Å²) in [5.74, 6) is -0.222. The number of hydrogen-bond acceptors (Lipinski definition) is 6. The number of nitrogens with zero attached hydrogens (tertiary/aromatic N) is 4. The van der Waals surface area contributed by atoms with Crippen LogP contribution in [-0.4, -0.2) is 93.0 Å². The highest BCUT2D eigenvalue weighted by Gasteiger charge is 2.39. The van der Waals surface area contributed by atoms with Gasteiger partial charge in [0, 0.05) is 32.7 Å². The predicted octanol–water partition coefficient (Wildman–Crippen LogP) is 1.46. The van der Waals surface area contributed by atoms with Crippen LogP contribution < -0.4 is 9.64 Å². The van der Waals surface area contributed by atoms with E-state index in [4.69, 9.17) is 4.74 Å². The zero-order valence-corrected chi connectivity index (χ0v) is 18.1. The molecule has 0 aromatic heterocycles. The molecule has 29 heavy (non-hydrogen) atoms. The average Bonchev–Trinajstić information content (AvgIpc) is 2.97. The van der Waals surface area contributed by atoms with Crippen molar-refractivity contribution in [2.75, 3.05) is 65.4 Å². The Hall–Kier alpha value is -1.90. The van der Waals surface area contributed by atoms with E-state index in [0.29, 0.717) is 6.54 Å². The van der Waals surface area contributed by atoms with Crippen LogP contribution in [0.4, 0.5) is 10.1 Å². The standard InChI is InChI=1S/C20H29FN4O3.ClH/c1-22(2)17-14-18(26)25(20(17)27)9-5-8-23-10-12-24(13-11-23)16-7-4-6-15(21)19(16)28-3;/h4,6-7,17H,5,8-14H2,1-3H3;1H. The minimum atomic E-state index is -0.349. The van der Waals surface area contributed by atoms with Crippen molar-refractivity contribution in [3.63, 3.8) is 0 Å². The minimum Gasteiger partial charge on any atom is -0.492 e. The second-order valence-corrected chi connectivity index (χ2v) is 7.54. The smallest absolute Gasteiger partial charge is 0.247 e. The molecule has 0 N–H and O–H groups in total. The van der Waals surface area contributed by atoms with Gasteiger partial charge in [-0.25, -0.2) is 4.39 Å². The number of imide groups is 1. The summed E-state index contributed by atoms with van der Waals surface area (Å²) in [5, 5.41) is 0. The zero-order valence-electron chi connectivity index (χ0n) is 17.3. The maximum absolute atomic E-state index is 13.9. The summed E-state index contributed by atoms with van der Waals surface area (Å²) in [5.41, 5.74) is 0.783. The predicted molar refractivity (Wildman–Crippen MR) is 112 cm³/mol. The SMILES string of the molecule is COc1c(F)cccc1N1CCN(CCCN2C(=O)CC(N(C)C)C2=O)CC1.Cl. The largest absolute Gasteiger partial charge is 0.492 e. The molecule has 0 spiro atoms. The number of piperazine rings is 1. The van der Waals surface area contributed by atoms with Crippen LogP contribution in [0, 0.1) is 5.82 Å². The van der Waals surface area contributed by atoms with E-state index < -0.39 is 0 Å². The maximum Gasteiger partial charge on any atom is 0.247 e. The topological polar surface area (TPSA) is 56.3 Å². The van der Waals surface area contributed by atoms with Crippen molar-refractivity contribution in [2.24, 2.45) is 0 Å². The third-order valence-corrected chi connectivity index (χ3v) is 5.56. The molecule has 0 bridgehead atoms. The highest BCUT2D eigenvalue weighted by Crippen LogP contribution is 2.31. The quantitative estimate of drug-likeness (QED) is 0.613. The molecule has 162 valence electrons. The van der Waals surface area contributed by atoms with Gasteiger partial charge < -0.3 is 9.64 Å². The second kappa shape index (κ2) is 10.2. The number of likely N-dealkylation sites (N-methyl/N-ethyl adjacent to an activating group) is 1. The molecule has 1 aromatic carbocycles. The summed E-state index contributed by atoms with van der Waals surface area (Å²) in [6.07, 6.45) is 1.04. The number of carbonyl (C=O) groups is 2. The van der Waals surface area contributed by atoms with Gasteiger partial charge in [0.2, 0.25) is 11.8 Å². The highest BCUT2D eigenvalue weighted by molar-refractivity contribution is 6.05. The fraction of sp³-hybridized carbons (Fsp3) is 0.600. The van der Waals surface area contributed by atoms with Gasteiger partial charge in [0.1, 0.15) is 0 Å². The van der Waals surface area contributed by atoms with Crippen LogP contribution >= 0.6 is 12.4 Å². The normalized spacial score (nSPS) is 20.4. The molecular weight excluding hydrogens is 399 g/mol. The van der Waals surface area contributed by atoms with E-state index in [-0.39, 0.29) is 48.3 Å². The number of para-hydroxylation sites is 1. The van der Waals surface area contributed by atoms with Gasteiger partial charge in [-0.15, -0.1) is 12.4 Å². The lowest BCUT2D eigenvalue weighted by Crippen LogP contribution is -2.47. The molecule has 1 atom stereocenters. The number of halogens is 2. The third-order valence-electron chi connectivity index (χ3n) is 5.56. The lowest BCUT2D eigenvalue weighted by molar-refractivity contribution is -0.139. The van der Waals surface area contributed by atoms with Crippen molar-refractivity contribution in [1.82, 2.24) is 14.7 Å². The average molecular weight is 429 g/mol. The van der Waals surface area contributed by atoms with E-state index in [9.17, 15) is 14.0 Å². The first-order chi connectivity index (χ1) is 13.4. The van der Waals surface area contributed by atoms with Crippen molar-refractivity contribution in [3.8, 4) is 5.75 Å². The summed E-state index contributed by atoms with van der Waals surface area (Å²) in [6.45, 7) is 4.57. The highest BCUT2D eigenvalue weighted by atomic mass is 35.5. The second-order valence-electron chi connectivity index (χ2n) is 7.54. The van der Waals surface area contributed by atoms with E-state index in [2.05, 4.69) is 9.80 Å². The molecule has 0 saturated carbocycles. The summed E-state index contributed by atoms with van der Waals surface area (Å²) in [6, 6.07) is 4.66. The molecule has 2 saturated heterocycles. The van der Waals surface area contributed by atoms with Gasteiger partial charge in [0.15, 0.2) is 11.6 Å². The fourth-order valence-electron chi connectivity index (χ4n) is 3.92.